The average Bonchev–Trinajstić information content (AvgIpc) is 2.92. The Balaban J connectivity index is 1.52. The van der Waals surface area contributed by atoms with Gasteiger partial charge in [0.05, 0.1) is 5.69 Å². The maximum atomic E-state index is 6.25. The minimum absolute atomic E-state index is 0.440. The van der Waals surface area contributed by atoms with Gasteiger partial charge in [-0.1, -0.05) is 0 Å². The second-order valence-corrected chi connectivity index (χ2v) is 6.09. The number of nitrogens with zero attached hydrogens (tertiary/aromatic N) is 2. The third kappa shape index (κ3) is 1.95. The fraction of sp³-hybridized carbons (Fsp3) is 0.533. The van der Waals surface area contributed by atoms with Crippen molar-refractivity contribution >= 4 is 11.0 Å². The first kappa shape index (κ1) is 11.4. The van der Waals surface area contributed by atoms with E-state index in [2.05, 4.69) is 28.1 Å². The number of fused-ring (bicyclic) bond motifs is 3. The molecule has 3 atom stereocenters. The molecule has 1 unspecified atom stereocenters. The van der Waals surface area contributed by atoms with Crippen LogP contribution in [0, 0.1) is 11.8 Å². The number of piperidine rings is 1. The highest BCUT2D eigenvalue weighted by molar-refractivity contribution is 5.75. The topological polar surface area (TPSA) is 57.9 Å². The Morgan fingerprint density at radius 3 is 2.79 bits per heavy atom. The number of nitrogens with one attached hydrogen (secondary N) is 1. The average molecular weight is 256 g/mol. The van der Waals surface area contributed by atoms with Crippen LogP contribution in [0.3, 0.4) is 0 Å². The molecule has 3 N–H and O–H groups in total. The SMILES string of the molecule is NC1[C@@H]2CC[C@H]1CN(Cc1ccc3cc[nH]c3n1)C2. The standard InChI is InChI=1S/C15H20N4/c16-14-11-1-2-12(14)8-19(7-11)9-13-4-3-10-5-6-17-15(10)18-13/h3-6,11-12,14H,1-2,7-9,16H2,(H,17,18)/t11-,12+,14?. The number of aromatic amines is 1. The summed E-state index contributed by atoms with van der Waals surface area (Å²) in [6.45, 7) is 3.24. The Hall–Kier alpha value is -1.39. The molecule has 4 nitrogen and oxygen atoms in total. The second kappa shape index (κ2) is 4.32. The number of nitrogens with two attached hydrogens (primary N) is 1. The van der Waals surface area contributed by atoms with Gasteiger partial charge in [-0.3, -0.25) is 4.90 Å². The number of rotatable bonds is 2. The lowest BCUT2D eigenvalue weighted by Crippen LogP contribution is -2.48. The smallest absolute Gasteiger partial charge is 0.137 e. The number of hydrogen-bond donors (Lipinski definition) is 2. The van der Waals surface area contributed by atoms with E-state index in [1.54, 1.807) is 0 Å². The highest BCUT2D eigenvalue weighted by Gasteiger charge is 2.39. The van der Waals surface area contributed by atoms with Crippen molar-refractivity contribution in [1.82, 2.24) is 14.9 Å². The number of H-pyrrole nitrogens is 1. The van der Waals surface area contributed by atoms with Crippen LogP contribution in [0.5, 0.6) is 0 Å². The molecule has 2 aromatic heterocycles. The molecule has 100 valence electrons. The zero-order valence-electron chi connectivity index (χ0n) is 11.0. The molecule has 1 aliphatic heterocycles. The maximum absolute atomic E-state index is 6.25. The Bertz CT molecular complexity index is 577. The number of aromatic nitrogens is 2. The van der Waals surface area contributed by atoms with Gasteiger partial charge in [0.15, 0.2) is 0 Å². The minimum atomic E-state index is 0.440. The van der Waals surface area contributed by atoms with Crippen LogP contribution in [0.15, 0.2) is 24.4 Å². The lowest BCUT2D eigenvalue weighted by atomic mass is 9.93. The van der Waals surface area contributed by atoms with Gasteiger partial charge in [-0.25, -0.2) is 4.98 Å². The van der Waals surface area contributed by atoms with Crippen molar-refractivity contribution in [2.45, 2.75) is 25.4 Å². The molecule has 3 heterocycles. The van der Waals surface area contributed by atoms with Crippen LogP contribution in [-0.4, -0.2) is 34.0 Å². The molecule has 1 aliphatic carbocycles. The van der Waals surface area contributed by atoms with Crippen molar-refractivity contribution in [2.75, 3.05) is 13.1 Å². The quantitative estimate of drug-likeness (QED) is 0.860. The third-order valence-corrected chi connectivity index (χ3v) is 4.83. The van der Waals surface area contributed by atoms with Gasteiger partial charge in [-0.05, 0) is 42.9 Å². The summed E-state index contributed by atoms with van der Waals surface area (Å²) in [5.41, 5.74) is 8.40. The molecule has 2 fully saturated rings. The van der Waals surface area contributed by atoms with Gasteiger partial charge in [0.2, 0.25) is 0 Å². The molecule has 2 aromatic rings. The number of pyridine rings is 1. The van der Waals surface area contributed by atoms with Crippen LogP contribution in [0.4, 0.5) is 0 Å². The molecule has 0 aromatic carbocycles. The van der Waals surface area contributed by atoms with Gasteiger partial charge >= 0.3 is 0 Å². The predicted octanol–water partition coefficient (Wildman–Crippen LogP) is 1.73. The van der Waals surface area contributed by atoms with Gasteiger partial charge in [0, 0.05) is 37.3 Å². The van der Waals surface area contributed by atoms with Crippen molar-refractivity contribution < 1.29 is 0 Å². The molecule has 1 saturated heterocycles. The van der Waals surface area contributed by atoms with Crippen molar-refractivity contribution in [1.29, 1.82) is 0 Å². The van der Waals surface area contributed by atoms with Crippen LogP contribution in [0.2, 0.25) is 0 Å². The van der Waals surface area contributed by atoms with Gasteiger partial charge in [0.25, 0.3) is 0 Å². The predicted molar refractivity (Wildman–Crippen MR) is 75.6 cm³/mol. The van der Waals surface area contributed by atoms with Crippen LogP contribution >= 0.6 is 0 Å². The minimum Gasteiger partial charge on any atom is -0.346 e. The van der Waals surface area contributed by atoms with Crippen LogP contribution < -0.4 is 5.73 Å². The summed E-state index contributed by atoms with van der Waals surface area (Å²) in [7, 11) is 0. The van der Waals surface area contributed by atoms with E-state index < -0.39 is 0 Å². The van der Waals surface area contributed by atoms with E-state index in [1.807, 2.05) is 6.20 Å². The van der Waals surface area contributed by atoms with E-state index in [0.717, 1.165) is 31.0 Å². The first-order chi connectivity index (χ1) is 9.29. The Morgan fingerprint density at radius 2 is 2.00 bits per heavy atom. The van der Waals surface area contributed by atoms with Crippen molar-refractivity contribution in [3.63, 3.8) is 0 Å². The maximum Gasteiger partial charge on any atom is 0.137 e. The van der Waals surface area contributed by atoms with E-state index in [9.17, 15) is 0 Å². The molecule has 2 bridgehead atoms. The number of hydrogen-bond acceptors (Lipinski definition) is 3. The van der Waals surface area contributed by atoms with Crippen LogP contribution in [0.1, 0.15) is 18.5 Å². The third-order valence-electron chi connectivity index (χ3n) is 4.83. The fourth-order valence-corrected chi connectivity index (χ4v) is 3.78. The van der Waals surface area contributed by atoms with Crippen molar-refractivity contribution in [3.05, 3.63) is 30.1 Å². The summed E-state index contributed by atoms with van der Waals surface area (Å²) in [6.07, 6.45) is 4.57. The second-order valence-electron chi connectivity index (χ2n) is 6.09. The van der Waals surface area contributed by atoms with Crippen molar-refractivity contribution in [2.24, 2.45) is 17.6 Å². The molecule has 0 amide bonds. The van der Waals surface area contributed by atoms with Crippen molar-refractivity contribution in [3.8, 4) is 0 Å². The molecule has 4 heteroatoms. The monoisotopic (exact) mass is 256 g/mol. The van der Waals surface area contributed by atoms with Gasteiger partial charge < -0.3 is 10.7 Å². The largest absolute Gasteiger partial charge is 0.346 e. The van der Waals surface area contributed by atoms with E-state index in [1.165, 1.54) is 18.2 Å². The summed E-state index contributed by atoms with van der Waals surface area (Å²) < 4.78 is 0. The molecular formula is C15H20N4. The Morgan fingerprint density at radius 1 is 1.21 bits per heavy atom. The zero-order valence-corrected chi connectivity index (χ0v) is 11.0. The Kier molecular flexibility index (Phi) is 2.60. The van der Waals surface area contributed by atoms with Gasteiger partial charge in [0.1, 0.15) is 5.65 Å². The van der Waals surface area contributed by atoms with Crippen LogP contribution in [-0.2, 0) is 6.54 Å². The van der Waals surface area contributed by atoms with E-state index in [-0.39, 0.29) is 0 Å². The highest BCUT2D eigenvalue weighted by Crippen LogP contribution is 2.35. The number of likely N-dealkylation sites (tertiary alicyclic amines) is 1. The molecule has 0 radical (unpaired) electrons. The zero-order chi connectivity index (χ0) is 12.8. The van der Waals surface area contributed by atoms with E-state index >= 15 is 0 Å². The molecule has 1 saturated carbocycles. The molecular weight excluding hydrogens is 236 g/mol. The molecule has 4 rings (SSSR count). The van der Waals surface area contributed by atoms with Crippen LogP contribution in [0.25, 0.3) is 11.0 Å². The summed E-state index contributed by atoms with van der Waals surface area (Å²) in [5, 5.41) is 1.18. The normalized spacial score (nSPS) is 31.1. The molecule has 19 heavy (non-hydrogen) atoms. The Labute approximate surface area is 113 Å². The fourth-order valence-electron chi connectivity index (χ4n) is 3.78. The first-order valence-corrected chi connectivity index (χ1v) is 7.20. The molecule has 0 spiro atoms. The summed E-state index contributed by atoms with van der Waals surface area (Å²) in [4.78, 5) is 10.4. The lowest BCUT2D eigenvalue weighted by Gasteiger charge is -2.35. The summed E-state index contributed by atoms with van der Waals surface area (Å²) >= 11 is 0. The first-order valence-electron chi connectivity index (χ1n) is 7.20. The van der Waals surface area contributed by atoms with Gasteiger partial charge in [-0.2, -0.15) is 0 Å². The molecule has 2 aliphatic rings. The highest BCUT2D eigenvalue weighted by atomic mass is 15.2. The summed E-state index contributed by atoms with van der Waals surface area (Å²) in [5.74, 6) is 1.40. The van der Waals surface area contributed by atoms with Gasteiger partial charge in [-0.15, -0.1) is 0 Å². The van der Waals surface area contributed by atoms with E-state index in [0.29, 0.717) is 17.9 Å². The summed E-state index contributed by atoms with van der Waals surface area (Å²) in [6, 6.07) is 6.80. The van der Waals surface area contributed by atoms with E-state index in [4.69, 9.17) is 10.7 Å². The lowest BCUT2D eigenvalue weighted by molar-refractivity contribution is 0.139.